The number of amides is 1. The van der Waals surface area contributed by atoms with Crippen molar-refractivity contribution in [3.8, 4) is 11.1 Å². The Morgan fingerprint density at radius 1 is 1.07 bits per heavy atom. The van der Waals surface area contributed by atoms with Gasteiger partial charge in [0.05, 0.1) is 12.2 Å². The van der Waals surface area contributed by atoms with Crippen molar-refractivity contribution in [2.24, 2.45) is 0 Å². The predicted octanol–water partition coefficient (Wildman–Crippen LogP) is 3.57. The van der Waals surface area contributed by atoms with Crippen LogP contribution in [0.4, 0.5) is 0 Å². The van der Waals surface area contributed by atoms with Crippen LogP contribution in [-0.2, 0) is 9.53 Å². The summed E-state index contributed by atoms with van der Waals surface area (Å²) in [5.74, 6) is -1.98. The van der Waals surface area contributed by atoms with Gasteiger partial charge in [0.2, 0.25) is 0 Å². The van der Waals surface area contributed by atoms with Gasteiger partial charge < -0.3 is 15.0 Å². The standard InChI is InChI=1S/C21H26N2O4/c1-7-27-20(26)15-13(3)22-17(18(24)19(25)23-21(4,5)6)16(15)14-10-8-12(2)9-11-14/h8-11,22H,7H2,1-6H3,(H,23,25). The Morgan fingerprint density at radius 3 is 2.19 bits per heavy atom. The van der Waals surface area contributed by atoms with Crippen molar-refractivity contribution in [1.29, 1.82) is 0 Å². The van der Waals surface area contributed by atoms with Gasteiger partial charge in [-0.25, -0.2) is 4.79 Å². The first-order valence-electron chi connectivity index (χ1n) is 8.88. The molecule has 2 aromatic rings. The number of Topliss-reactive ketones (excluding diaryl/α,β-unsaturated/α-hetero) is 1. The number of nitrogens with one attached hydrogen (secondary N) is 2. The van der Waals surface area contributed by atoms with Crippen LogP contribution in [0.3, 0.4) is 0 Å². The van der Waals surface area contributed by atoms with Gasteiger partial charge in [-0.15, -0.1) is 0 Å². The summed E-state index contributed by atoms with van der Waals surface area (Å²) in [5.41, 5.74) is 2.38. The number of aromatic amines is 1. The highest BCUT2D eigenvalue weighted by Crippen LogP contribution is 2.32. The third kappa shape index (κ3) is 4.64. The lowest BCUT2D eigenvalue weighted by Crippen LogP contribution is -2.44. The molecule has 2 rings (SSSR count). The van der Waals surface area contributed by atoms with Crippen molar-refractivity contribution >= 4 is 17.7 Å². The van der Waals surface area contributed by atoms with Gasteiger partial charge in [0.25, 0.3) is 11.7 Å². The molecule has 0 aliphatic rings. The normalized spacial score (nSPS) is 11.2. The number of rotatable bonds is 5. The number of carbonyl (C=O) groups is 3. The van der Waals surface area contributed by atoms with Crippen LogP contribution in [0.15, 0.2) is 24.3 Å². The number of ketones is 1. The van der Waals surface area contributed by atoms with Crippen molar-refractivity contribution in [3.05, 3.63) is 46.8 Å². The third-order valence-corrected chi connectivity index (χ3v) is 3.93. The minimum absolute atomic E-state index is 0.0844. The minimum atomic E-state index is -0.729. The average Bonchev–Trinajstić information content (AvgIpc) is 2.90. The van der Waals surface area contributed by atoms with E-state index in [1.807, 2.05) is 31.2 Å². The summed E-state index contributed by atoms with van der Waals surface area (Å²) < 4.78 is 5.16. The van der Waals surface area contributed by atoms with Crippen molar-refractivity contribution in [2.45, 2.75) is 47.1 Å². The molecule has 0 aliphatic carbocycles. The van der Waals surface area contributed by atoms with E-state index in [9.17, 15) is 14.4 Å². The molecule has 6 nitrogen and oxygen atoms in total. The van der Waals surface area contributed by atoms with Gasteiger partial charge in [-0.1, -0.05) is 29.8 Å². The minimum Gasteiger partial charge on any atom is -0.462 e. The molecule has 0 fully saturated rings. The smallest absolute Gasteiger partial charge is 0.340 e. The molecule has 27 heavy (non-hydrogen) atoms. The van der Waals surface area contributed by atoms with Crippen molar-refractivity contribution in [3.63, 3.8) is 0 Å². The van der Waals surface area contributed by atoms with E-state index in [0.717, 1.165) is 5.56 Å². The molecule has 0 atom stereocenters. The second-order valence-electron chi connectivity index (χ2n) is 7.49. The molecule has 144 valence electrons. The lowest BCUT2D eigenvalue weighted by atomic mass is 9.97. The van der Waals surface area contributed by atoms with Gasteiger partial charge in [0.15, 0.2) is 0 Å². The van der Waals surface area contributed by atoms with Gasteiger partial charge >= 0.3 is 5.97 Å². The third-order valence-electron chi connectivity index (χ3n) is 3.93. The highest BCUT2D eigenvalue weighted by Gasteiger charge is 2.31. The van der Waals surface area contributed by atoms with Gasteiger partial charge in [0, 0.05) is 16.8 Å². The fraction of sp³-hybridized carbons (Fsp3) is 0.381. The number of benzene rings is 1. The molecule has 0 radical (unpaired) electrons. The van der Waals surface area contributed by atoms with E-state index in [1.54, 1.807) is 34.6 Å². The second-order valence-corrected chi connectivity index (χ2v) is 7.49. The molecule has 1 amide bonds. The van der Waals surface area contributed by atoms with Crippen molar-refractivity contribution < 1.29 is 19.1 Å². The van der Waals surface area contributed by atoms with Crippen molar-refractivity contribution in [2.75, 3.05) is 6.61 Å². The Kier molecular flexibility index (Phi) is 5.88. The van der Waals surface area contributed by atoms with E-state index in [4.69, 9.17) is 4.74 Å². The summed E-state index contributed by atoms with van der Waals surface area (Å²) in [6.07, 6.45) is 0. The van der Waals surface area contributed by atoms with Crippen LogP contribution in [0.25, 0.3) is 11.1 Å². The molecule has 2 N–H and O–H groups in total. The summed E-state index contributed by atoms with van der Waals surface area (Å²) in [5, 5.41) is 2.66. The number of hydrogen-bond donors (Lipinski definition) is 2. The molecular formula is C21H26N2O4. The van der Waals surface area contributed by atoms with Gasteiger partial charge in [-0.2, -0.15) is 0 Å². The first-order chi connectivity index (χ1) is 12.5. The van der Waals surface area contributed by atoms with E-state index >= 15 is 0 Å². The van der Waals surface area contributed by atoms with Crippen LogP contribution >= 0.6 is 0 Å². The number of aryl methyl sites for hydroxylation is 2. The molecule has 0 unspecified atom stereocenters. The number of H-pyrrole nitrogens is 1. The van der Waals surface area contributed by atoms with Crippen molar-refractivity contribution in [1.82, 2.24) is 10.3 Å². The van der Waals surface area contributed by atoms with Crippen LogP contribution in [0.1, 0.15) is 59.8 Å². The summed E-state index contributed by atoms with van der Waals surface area (Å²) in [6, 6.07) is 7.41. The lowest BCUT2D eigenvalue weighted by Gasteiger charge is -2.19. The quantitative estimate of drug-likeness (QED) is 0.478. The van der Waals surface area contributed by atoms with Gasteiger partial charge in [-0.05, 0) is 47.1 Å². The predicted molar refractivity (Wildman–Crippen MR) is 104 cm³/mol. The number of carbonyl (C=O) groups excluding carboxylic acids is 3. The molecule has 1 aromatic carbocycles. The summed E-state index contributed by atoms with van der Waals surface area (Å²) in [6.45, 7) is 10.9. The number of aromatic nitrogens is 1. The zero-order valence-corrected chi connectivity index (χ0v) is 16.6. The Balaban J connectivity index is 2.62. The van der Waals surface area contributed by atoms with Crippen LogP contribution in [0, 0.1) is 13.8 Å². The number of esters is 1. The van der Waals surface area contributed by atoms with Crippen LogP contribution < -0.4 is 5.32 Å². The monoisotopic (exact) mass is 370 g/mol. The molecule has 1 aromatic heterocycles. The molecule has 0 aliphatic heterocycles. The number of ether oxygens (including phenoxy) is 1. The van der Waals surface area contributed by atoms with E-state index in [2.05, 4.69) is 10.3 Å². The Hall–Kier alpha value is -2.89. The largest absolute Gasteiger partial charge is 0.462 e. The van der Waals surface area contributed by atoms with E-state index in [0.29, 0.717) is 16.8 Å². The molecule has 0 spiro atoms. The molecule has 1 heterocycles. The first-order valence-corrected chi connectivity index (χ1v) is 8.88. The average molecular weight is 370 g/mol. The van der Waals surface area contributed by atoms with E-state index in [-0.39, 0.29) is 17.9 Å². The Bertz CT molecular complexity index is 871. The molecule has 0 saturated carbocycles. The van der Waals surface area contributed by atoms with Crippen LogP contribution in [0.5, 0.6) is 0 Å². The summed E-state index contributed by atoms with van der Waals surface area (Å²) in [7, 11) is 0. The zero-order chi connectivity index (χ0) is 20.4. The second kappa shape index (κ2) is 7.78. The summed E-state index contributed by atoms with van der Waals surface area (Å²) in [4.78, 5) is 40.7. The van der Waals surface area contributed by atoms with E-state index < -0.39 is 23.2 Å². The zero-order valence-electron chi connectivity index (χ0n) is 16.6. The molecule has 0 bridgehead atoms. The summed E-state index contributed by atoms with van der Waals surface area (Å²) >= 11 is 0. The van der Waals surface area contributed by atoms with Gasteiger partial charge in [-0.3, -0.25) is 9.59 Å². The molecule has 6 heteroatoms. The molecule has 0 saturated heterocycles. The molecular weight excluding hydrogens is 344 g/mol. The topological polar surface area (TPSA) is 88.3 Å². The van der Waals surface area contributed by atoms with Crippen LogP contribution in [-0.4, -0.2) is 34.8 Å². The highest BCUT2D eigenvalue weighted by molar-refractivity contribution is 6.44. The lowest BCUT2D eigenvalue weighted by molar-refractivity contribution is -0.118. The maximum atomic E-state index is 12.8. The fourth-order valence-electron chi connectivity index (χ4n) is 2.77. The fourth-order valence-corrected chi connectivity index (χ4v) is 2.77. The Morgan fingerprint density at radius 2 is 1.67 bits per heavy atom. The van der Waals surface area contributed by atoms with Gasteiger partial charge in [0.1, 0.15) is 5.69 Å². The SMILES string of the molecule is CCOC(=O)c1c(C)[nH]c(C(=O)C(=O)NC(C)(C)C)c1-c1ccc(C)cc1. The van der Waals surface area contributed by atoms with Crippen LogP contribution in [0.2, 0.25) is 0 Å². The number of hydrogen-bond acceptors (Lipinski definition) is 4. The highest BCUT2D eigenvalue weighted by atomic mass is 16.5. The van der Waals surface area contributed by atoms with E-state index in [1.165, 1.54) is 0 Å². The Labute approximate surface area is 159 Å². The first kappa shape index (κ1) is 20.4. The maximum Gasteiger partial charge on any atom is 0.340 e. The maximum absolute atomic E-state index is 12.8.